The number of hydrogen-bond donors (Lipinski definition) is 2. The van der Waals surface area contributed by atoms with Gasteiger partial charge in [-0.25, -0.2) is 0 Å². The van der Waals surface area contributed by atoms with E-state index in [4.69, 9.17) is 24.1 Å². The van der Waals surface area contributed by atoms with Gasteiger partial charge in [0.2, 0.25) is 0 Å². The van der Waals surface area contributed by atoms with E-state index in [-0.39, 0.29) is 52.1 Å². The van der Waals surface area contributed by atoms with Crippen LogP contribution < -0.4 is 0 Å². The first-order valence-electron chi connectivity index (χ1n) is 11.4. The van der Waals surface area contributed by atoms with Crippen molar-refractivity contribution in [2.45, 2.75) is 102 Å². The molecule has 1 rings (SSSR count). The van der Waals surface area contributed by atoms with Crippen molar-refractivity contribution in [1.29, 1.82) is 0 Å². The van der Waals surface area contributed by atoms with Crippen molar-refractivity contribution in [3.8, 4) is 0 Å². The van der Waals surface area contributed by atoms with Crippen LogP contribution in [0, 0.1) is 0 Å². The van der Waals surface area contributed by atoms with Gasteiger partial charge < -0.3 is 29.2 Å². The van der Waals surface area contributed by atoms with Gasteiger partial charge in [0.15, 0.2) is 5.60 Å². The molecule has 0 aliphatic carbocycles. The normalized spacial score (nSPS) is 16.8. The second-order valence-electron chi connectivity index (χ2n) is 7.84. The fourth-order valence-electron chi connectivity index (χ4n) is 3.53. The van der Waals surface area contributed by atoms with Gasteiger partial charge in [-0.3, -0.25) is 9.59 Å². The van der Waals surface area contributed by atoms with Crippen LogP contribution in [0.4, 0.5) is 0 Å². The Morgan fingerprint density at radius 2 is 1.40 bits per heavy atom. The molecule has 1 aliphatic heterocycles. The second-order valence-corrected chi connectivity index (χ2v) is 7.84. The van der Waals surface area contributed by atoms with Crippen molar-refractivity contribution in [2.24, 2.45) is 0 Å². The smallest absolute Gasteiger partial charge is 0.396 e. The molecule has 1 heterocycles. The number of esters is 2. The van der Waals surface area contributed by atoms with E-state index in [1.54, 1.807) is 0 Å². The van der Waals surface area contributed by atoms with Gasteiger partial charge in [0, 0.05) is 0 Å². The average Bonchev–Trinajstić information content (AvgIpc) is 2.87. The third-order valence-corrected chi connectivity index (χ3v) is 5.24. The van der Waals surface area contributed by atoms with Crippen LogP contribution in [0.3, 0.4) is 0 Å². The lowest BCUT2D eigenvalue weighted by molar-refractivity contribution is -0.410. The van der Waals surface area contributed by atoms with Gasteiger partial charge in [-0.1, -0.05) is 65.2 Å². The van der Waals surface area contributed by atoms with Gasteiger partial charge in [-0.2, -0.15) is 0 Å². The molecule has 1 fully saturated rings. The lowest BCUT2D eigenvalue weighted by atomic mass is 9.87. The highest BCUT2D eigenvalue weighted by Crippen LogP contribution is 2.40. The molecular formula is C22H40O8. The van der Waals surface area contributed by atoms with Crippen LogP contribution in [0.25, 0.3) is 0 Å². The second kappa shape index (κ2) is 14.7. The van der Waals surface area contributed by atoms with E-state index < -0.39 is 23.5 Å². The molecule has 176 valence electrons. The molecular weight excluding hydrogens is 392 g/mol. The van der Waals surface area contributed by atoms with Crippen LogP contribution in [-0.4, -0.2) is 60.2 Å². The van der Waals surface area contributed by atoms with Gasteiger partial charge in [-0.05, 0) is 12.8 Å². The van der Waals surface area contributed by atoms with Crippen molar-refractivity contribution >= 4 is 11.9 Å². The molecule has 0 aromatic carbocycles. The minimum Gasteiger partial charge on any atom is -0.396 e. The molecule has 0 bridgehead atoms. The van der Waals surface area contributed by atoms with Gasteiger partial charge in [0.1, 0.15) is 0 Å². The number of cyclic esters (lactones) is 2. The fraction of sp³-hybridized carbons (Fsp3) is 0.909. The van der Waals surface area contributed by atoms with Gasteiger partial charge in [-0.15, -0.1) is 0 Å². The summed E-state index contributed by atoms with van der Waals surface area (Å²) in [5, 5.41) is 20.5. The summed E-state index contributed by atoms with van der Waals surface area (Å²) in [4.78, 5) is 24.5. The van der Waals surface area contributed by atoms with Crippen LogP contribution in [-0.2, 0) is 28.5 Å². The molecule has 0 aromatic heterocycles. The highest BCUT2D eigenvalue weighted by atomic mass is 16.9. The number of rotatable bonds is 17. The van der Waals surface area contributed by atoms with E-state index in [1.807, 2.05) is 0 Å². The third-order valence-electron chi connectivity index (χ3n) is 5.24. The van der Waals surface area contributed by atoms with Crippen molar-refractivity contribution < 1.29 is 38.7 Å². The molecule has 0 spiro atoms. The number of ether oxygens (including phenoxy) is 4. The highest BCUT2D eigenvalue weighted by molar-refractivity contribution is 5.79. The topological polar surface area (TPSA) is 112 Å². The molecule has 0 aromatic rings. The number of aliphatic hydroxyl groups is 2. The Morgan fingerprint density at radius 3 is 1.87 bits per heavy atom. The fourth-order valence-corrected chi connectivity index (χ4v) is 3.53. The number of unbranched alkanes of at least 4 members (excludes halogenated alkanes) is 6. The summed E-state index contributed by atoms with van der Waals surface area (Å²) in [5.74, 6) is -3.46. The molecule has 30 heavy (non-hydrogen) atoms. The van der Waals surface area contributed by atoms with Crippen LogP contribution >= 0.6 is 0 Å². The Morgan fingerprint density at radius 1 is 0.867 bits per heavy atom. The van der Waals surface area contributed by atoms with Gasteiger partial charge >= 0.3 is 17.9 Å². The Balaban J connectivity index is 3.06. The summed E-state index contributed by atoms with van der Waals surface area (Å²) < 4.78 is 22.0. The Hall–Kier alpha value is -1.22. The Labute approximate surface area is 180 Å². The lowest BCUT2D eigenvalue weighted by Crippen LogP contribution is -2.61. The zero-order chi connectivity index (χ0) is 22.3. The first-order valence-corrected chi connectivity index (χ1v) is 11.4. The summed E-state index contributed by atoms with van der Waals surface area (Å²) in [6.07, 6.45) is 7.68. The summed E-state index contributed by atoms with van der Waals surface area (Å²) in [6.45, 7) is 4.24. The molecule has 2 N–H and O–H groups in total. The van der Waals surface area contributed by atoms with Crippen LogP contribution in [0.1, 0.15) is 90.9 Å². The summed E-state index contributed by atoms with van der Waals surface area (Å²) >= 11 is 0. The first-order chi connectivity index (χ1) is 14.4. The first kappa shape index (κ1) is 26.8. The number of carbonyl (C=O) groups excluding carboxylic acids is 2. The molecule has 1 saturated heterocycles. The minimum absolute atomic E-state index is 0.0627. The quantitative estimate of drug-likeness (QED) is 0.266. The molecule has 0 radical (unpaired) electrons. The Bertz CT molecular complexity index is 464. The third kappa shape index (κ3) is 8.88. The van der Waals surface area contributed by atoms with E-state index in [9.17, 15) is 14.7 Å². The SMILES string of the molecule is CCCCCCC(O)(CCCCCC)C1(OCCOCCO)OC(=O)CCC(=O)O1. The largest absolute Gasteiger partial charge is 0.406 e. The predicted octanol–water partition coefficient (Wildman–Crippen LogP) is 3.22. The lowest BCUT2D eigenvalue weighted by Gasteiger charge is -2.43. The molecule has 0 atom stereocenters. The van der Waals surface area contributed by atoms with Crippen molar-refractivity contribution in [2.75, 3.05) is 26.4 Å². The van der Waals surface area contributed by atoms with Crippen molar-refractivity contribution in [3.63, 3.8) is 0 Å². The van der Waals surface area contributed by atoms with E-state index in [2.05, 4.69) is 13.8 Å². The molecule has 8 nitrogen and oxygen atoms in total. The van der Waals surface area contributed by atoms with E-state index >= 15 is 0 Å². The van der Waals surface area contributed by atoms with E-state index in [0.717, 1.165) is 38.5 Å². The van der Waals surface area contributed by atoms with Crippen molar-refractivity contribution in [1.82, 2.24) is 0 Å². The monoisotopic (exact) mass is 432 g/mol. The average molecular weight is 433 g/mol. The highest BCUT2D eigenvalue weighted by Gasteiger charge is 2.59. The zero-order valence-electron chi connectivity index (χ0n) is 18.7. The van der Waals surface area contributed by atoms with Crippen molar-refractivity contribution in [3.05, 3.63) is 0 Å². The molecule has 0 amide bonds. The maximum absolute atomic E-state index is 12.3. The summed E-state index contributed by atoms with van der Waals surface area (Å²) in [5.41, 5.74) is -1.65. The predicted molar refractivity (Wildman–Crippen MR) is 110 cm³/mol. The van der Waals surface area contributed by atoms with E-state index in [1.165, 1.54) is 0 Å². The Kier molecular flexibility index (Phi) is 13.2. The van der Waals surface area contributed by atoms with Crippen LogP contribution in [0.15, 0.2) is 0 Å². The molecule has 0 saturated carbocycles. The standard InChI is InChI=1S/C22H40O8/c1-3-5-7-9-13-21(26,14-10-8-6-4-2)22(28-18-17-27-16-15-23)29-19(24)11-12-20(25)30-22/h23,26H,3-18H2,1-2H3. The molecule has 8 heteroatoms. The number of hydrogen-bond acceptors (Lipinski definition) is 8. The minimum atomic E-state index is -2.18. The summed E-state index contributed by atoms with van der Waals surface area (Å²) in [7, 11) is 0. The zero-order valence-corrected chi connectivity index (χ0v) is 18.7. The maximum Gasteiger partial charge on any atom is 0.406 e. The van der Waals surface area contributed by atoms with Gasteiger partial charge in [0.25, 0.3) is 0 Å². The summed E-state index contributed by atoms with van der Waals surface area (Å²) in [6, 6.07) is 0. The molecule has 1 aliphatic rings. The van der Waals surface area contributed by atoms with E-state index in [0.29, 0.717) is 12.8 Å². The van der Waals surface area contributed by atoms with Crippen LogP contribution in [0.2, 0.25) is 0 Å². The number of carbonyl (C=O) groups is 2. The maximum atomic E-state index is 12.3. The molecule has 0 unspecified atom stereocenters. The van der Waals surface area contributed by atoms with Crippen LogP contribution in [0.5, 0.6) is 0 Å². The van der Waals surface area contributed by atoms with Gasteiger partial charge in [0.05, 0.1) is 39.3 Å². The number of aliphatic hydroxyl groups excluding tert-OH is 1.